The van der Waals surface area contributed by atoms with Gasteiger partial charge in [0.1, 0.15) is 5.65 Å². The molecule has 3 heteroatoms. The van der Waals surface area contributed by atoms with E-state index in [0.29, 0.717) is 5.92 Å². The highest BCUT2D eigenvalue weighted by Crippen LogP contribution is 2.24. The van der Waals surface area contributed by atoms with E-state index in [4.69, 9.17) is 0 Å². The summed E-state index contributed by atoms with van der Waals surface area (Å²) < 4.78 is 2.23. The first kappa shape index (κ1) is 9.85. The number of piperidine rings is 1. The zero-order valence-electron chi connectivity index (χ0n) is 9.61. The van der Waals surface area contributed by atoms with Gasteiger partial charge in [0.05, 0.1) is 0 Å². The first-order chi connectivity index (χ1) is 7.84. The van der Waals surface area contributed by atoms with Crippen molar-refractivity contribution in [3.05, 3.63) is 35.8 Å². The highest BCUT2D eigenvalue weighted by molar-refractivity contribution is 5.43. The molecule has 3 rings (SSSR count). The highest BCUT2D eigenvalue weighted by Gasteiger charge is 2.18. The molecule has 3 nitrogen and oxygen atoms in total. The van der Waals surface area contributed by atoms with Crippen LogP contribution in [0, 0.1) is 6.92 Å². The second kappa shape index (κ2) is 3.91. The first-order valence-electron chi connectivity index (χ1n) is 5.99. The normalized spacial score (nSPS) is 21.4. The van der Waals surface area contributed by atoms with Crippen LogP contribution in [0.5, 0.6) is 0 Å². The number of imidazole rings is 1. The van der Waals surface area contributed by atoms with E-state index in [2.05, 4.69) is 40.0 Å². The summed E-state index contributed by atoms with van der Waals surface area (Å²) >= 11 is 0. The molecule has 1 aliphatic heterocycles. The molecule has 2 aromatic heterocycles. The van der Waals surface area contributed by atoms with Crippen molar-refractivity contribution in [1.82, 2.24) is 14.7 Å². The molecule has 1 aliphatic rings. The molecule has 0 saturated carbocycles. The molecular weight excluding hydrogens is 198 g/mol. The molecule has 1 fully saturated rings. The van der Waals surface area contributed by atoms with Gasteiger partial charge in [-0.3, -0.25) is 0 Å². The summed E-state index contributed by atoms with van der Waals surface area (Å²) in [6, 6.07) is 4.29. The summed E-state index contributed by atoms with van der Waals surface area (Å²) in [7, 11) is 0. The fraction of sp³-hybridized carbons (Fsp3) is 0.462. The largest absolute Gasteiger partial charge is 0.316 e. The Morgan fingerprint density at radius 2 is 2.44 bits per heavy atom. The third-order valence-corrected chi connectivity index (χ3v) is 3.41. The van der Waals surface area contributed by atoms with Gasteiger partial charge in [-0.1, -0.05) is 0 Å². The van der Waals surface area contributed by atoms with Gasteiger partial charge in [-0.15, -0.1) is 0 Å². The summed E-state index contributed by atoms with van der Waals surface area (Å²) in [5.41, 5.74) is 3.69. The first-order valence-corrected chi connectivity index (χ1v) is 5.99. The van der Waals surface area contributed by atoms with Crippen molar-refractivity contribution < 1.29 is 0 Å². The minimum Gasteiger partial charge on any atom is -0.316 e. The van der Waals surface area contributed by atoms with Gasteiger partial charge in [0.15, 0.2) is 0 Å². The number of nitrogens with zero attached hydrogens (tertiary/aromatic N) is 2. The van der Waals surface area contributed by atoms with Crippen LogP contribution in [0.4, 0.5) is 0 Å². The molecular formula is C13H17N3. The smallest absolute Gasteiger partial charge is 0.137 e. The lowest BCUT2D eigenvalue weighted by atomic mass is 9.97. The molecule has 1 unspecified atom stereocenters. The Morgan fingerprint density at radius 1 is 1.50 bits per heavy atom. The third-order valence-electron chi connectivity index (χ3n) is 3.41. The molecule has 3 heterocycles. The average Bonchev–Trinajstić information content (AvgIpc) is 2.73. The summed E-state index contributed by atoms with van der Waals surface area (Å²) in [5, 5.41) is 3.46. The Hall–Kier alpha value is -1.35. The van der Waals surface area contributed by atoms with Crippen molar-refractivity contribution in [1.29, 1.82) is 0 Å². The van der Waals surface area contributed by atoms with E-state index in [9.17, 15) is 0 Å². The van der Waals surface area contributed by atoms with E-state index < -0.39 is 0 Å². The Morgan fingerprint density at radius 3 is 3.25 bits per heavy atom. The van der Waals surface area contributed by atoms with Gasteiger partial charge in [0, 0.05) is 30.6 Å². The molecule has 16 heavy (non-hydrogen) atoms. The fourth-order valence-corrected chi connectivity index (χ4v) is 2.51. The van der Waals surface area contributed by atoms with Crippen LogP contribution >= 0.6 is 0 Å². The van der Waals surface area contributed by atoms with Crippen LogP contribution in [0.1, 0.15) is 30.0 Å². The van der Waals surface area contributed by atoms with Crippen molar-refractivity contribution >= 4 is 5.65 Å². The van der Waals surface area contributed by atoms with Gasteiger partial charge in [0.2, 0.25) is 0 Å². The second-order valence-electron chi connectivity index (χ2n) is 4.66. The topological polar surface area (TPSA) is 29.3 Å². The van der Waals surface area contributed by atoms with Gasteiger partial charge in [0.25, 0.3) is 0 Å². The number of aromatic nitrogens is 2. The zero-order chi connectivity index (χ0) is 11.0. The van der Waals surface area contributed by atoms with Crippen molar-refractivity contribution in [2.45, 2.75) is 25.7 Å². The predicted molar refractivity (Wildman–Crippen MR) is 64.8 cm³/mol. The fourth-order valence-electron chi connectivity index (χ4n) is 2.51. The quantitative estimate of drug-likeness (QED) is 0.789. The van der Waals surface area contributed by atoms with Gasteiger partial charge in [-0.05, 0) is 44.0 Å². The maximum Gasteiger partial charge on any atom is 0.137 e. The number of hydrogen-bond acceptors (Lipinski definition) is 2. The number of fused-ring (bicyclic) bond motifs is 1. The van der Waals surface area contributed by atoms with Crippen molar-refractivity contribution in [3.8, 4) is 0 Å². The summed E-state index contributed by atoms with van der Waals surface area (Å²) in [5.74, 6) is 0.617. The van der Waals surface area contributed by atoms with E-state index in [-0.39, 0.29) is 0 Å². The van der Waals surface area contributed by atoms with Gasteiger partial charge >= 0.3 is 0 Å². The van der Waals surface area contributed by atoms with Crippen LogP contribution in [-0.2, 0) is 0 Å². The second-order valence-corrected chi connectivity index (χ2v) is 4.66. The van der Waals surface area contributed by atoms with Crippen LogP contribution in [0.3, 0.4) is 0 Å². The number of rotatable bonds is 1. The minimum atomic E-state index is 0.617. The standard InChI is InChI=1S/C13H17N3/c1-10-4-6-16-12(9-15-13(16)7-10)11-3-2-5-14-8-11/h4,6-7,9,11,14H,2-3,5,8H2,1H3. The molecule has 2 aromatic rings. The molecule has 0 amide bonds. The summed E-state index contributed by atoms with van der Waals surface area (Å²) in [6.45, 7) is 4.35. The van der Waals surface area contributed by atoms with Gasteiger partial charge < -0.3 is 9.72 Å². The maximum atomic E-state index is 4.49. The average molecular weight is 215 g/mol. The molecule has 0 spiro atoms. The lowest BCUT2D eigenvalue weighted by Crippen LogP contribution is -2.28. The molecule has 0 bridgehead atoms. The molecule has 1 N–H and O–H groups in total. The van der Waals surface area contributed by atoms with E-state index in [1.165, 1.54) is 24.1 Å². The summed E-state index contributed by atoms with van der Waals surface area (Å²) in [6.07, 6.45) is 6.71. The maximum absolute atomic E-state index is 4.49. The van der Waals surface area contributed by atoms with Crippen LogP contribution in [-0.4, -0.2) is 22.5 Å². The lowest BCUT2D eigenvalue weighted by Gasteiger charge is -2.22. The number of aryl methyl sites for hydroxylation is 1. The summed E-state index contributed by atoms with van der Waals surface area (Å²) in [4.78, 5) is 4.49. The Bertz CT molecular complexity index is 495. The van der Waals surface area contributed by atoms with Crippen molar-refractivity contribution in [2.75, 3.05) is 13.1 Å². The third kappa shape index (κ3) is 1.61. The molecule has 84 valence electrons. The van der Waals surface area contributed by atoms with Crippen molar-refractivity contribution in [2.24, 2.45) is 0 Å². The van der Waals surface area contributed by atoms with Gasteiger partial charge in [-0.2, -0.15) is 0 Å². The molecule has 1 saturated heterocycles. The lowest BCUT2D eigenvalue weighted by molar-refractivity contribution is 0.453. The van der Waals surface area contributed by atoms with Crippen LogP contribution < -0.4 is 5.32 Å². The Labute approximate surface area is 95.5 Å². The van der Waals surface area contributed by atoms with Crippen LogP contribution in [0.15, 0.2) is 24.5 Å². The zero-order valence-corrected chi connectivity index (χ0v) is 9.61. The predicted octanol–water partition coefficient (Wildman–Crippen LogP) is 2.11. The van der Waals surface area contributed by atoms with Gasteiger partial charge in [-0.25, -0.2) is 4.98 Å². The SMILES string of the molecule is Cc1ccn2c(C3CCCNC3)cnc2c1. The number of hydrogen-bond donors (Lipinski definition) is 1. The molecule has 0 aromatic carbocycles. The van der Waals surface area contributed by atoms with E-state index >= 15 is 0 Å². The molecule has 0 radical (unpaired) electrons. The Kier molecular flexibility index (Phi) is 2.40. The van der Waals surface area contributed by atoms with Crippen molar-refractivity contribution in [3.63, 3.8) is 0 Å². The Balaban J connectivity index is 2.03. The molecule has 0 aliphatic carbocycles. The van der Waals surface area contributed by atoms with E-state index in [0.717, 1.165) is 18.7 Å². The number of nitrogens with one attached hydrogen (secondary N) is 1. The van der Waals surface area contributed by atoms with E-state index in [1.54, 1.807) is 0 Å². The van der Waals surface area contributed by atoms with Crippen LogP contribution in [0.25, 0.3) is 5.65 Å². The monoisotopic (exact) mass is 215 g/mol. The van der Waals surface area contributed by atoms with Crippen LogP contribution in [0.2, 0.25) is 0 Å². The molecule has 1 atom stereocenters. The number of pyridine rings is 1. The highest BCUT2D eigenvalue weighted by atomic mass is 15.0. The minimum absolute atomic E-state index is 0.617. The van der Waals surface area contributed by atoms with E-state index in [1.807, 2.05) is 6.20 Å².